The van der Waals surface area contributed by atoms with E-state index in [1.807, 2.05) is 0 Å². The summed E-state index contributed by atoms with van der Waals surface area (Å²) in [6, 6.07) is 10.4. The van der Waals surface area contributed by atoms with E-state index in [9.17, 15) is 4.79 Å². The third-order valence-corrected chi connectivity index (χ3v) is 5.26. The second kappa shape index (κ2) is 7.42. The maximum atomic E-state index is 11.7. The number of thiophene rings is 2. The predicted octanol–water partition coefficient (Wildman–Crippen LogP) is 4.05. The van der Waals surface area contributed by atoms with E-state index < -0.39 is 0 Å². The van der Waals surface area contributed by atoms with Crippen molar-refractivity contribution in [2.75, 3.05) is 13.1 Å². The van der Waals surface area contributed by atoms with Crippen LogP contribution in [0.4, 0.5) is 4.79 Å². The van der Waals surface area contributed by atoms with Crippen molar-refractivity contribution in [3.05, 3.63) is 57.6 Å². The largest absolute Gasteiger partial charge is 0.338 e. The number of rotatable bonds is 6. The van der Waals surface area contributed by atoms with E-state index in [-0.39, 0.29) is 6.03 Å². The molecule has 0 fully saturated rings. The molecule has 114 valence electrons. The Balaban J connectivity index is 1.40. The van der Waals surface area contributed by atoms with Crippen LogP contribution >= 0.6 is 22.7 Å². The molecule has 2 aromatic heterocycles. The van der Waals surface area contributed by atoms with Crippen LogP contribution in [0.2, 0.25) is 0 Å². The van der Waals surface area contributed by atoms with Crippen LogP contribution in [-0.2, 0) is 12.8 Å². The monoisotopic (exact) mass is 330 g/mol. The SMILES string of the molecule is O=C(NCCc1ccsc1)NCCc1csc2ccccc12. The van der Waals surface area contributed by atoms with Crippen LogP contribution in [0.3, 0.4) is 0 Å². The molecule has 0 aliphatic heterocycles. The Morgan fingerprint density at radius 3 is 2.64 bits per heavy atom. The van der Waals surface area contributed by atoms with Crippen molar-refractivity contribution in [2.45, 2.75) is 12.8 Å². The number of hydrogen-bond acceptors (Lipinski definition) is 3. The lowest BCUT2D eigenvalue weighted by atomic mass is 10.1. The summed E-state index contributed by atoms with van der Waals surface area (Å²) in [6.07, 6.45) is 1.74. The summed E-state index contributed by atoms with van der Waals surface area (Å²) < 4.78 is 1.30. The minimum Gasteiger partial charge on any atom is -0.338 e. The molecule has 3 nitrogen and oxygen atoms in total. The van der Waals surface area contributed by atoms with Crippen LogP contribution in [-0.4, -0.2) is 19.1 Å². The Bertz CT molecular complexity index is 734. The molecule has 0 spiro atoms. The lowest BCUT2D eigenvalue weighted by Crippen LogP contribution is -2.37. The molecule has 5 heteroatoms. The first-order valence-electron chi connectivity index (χ1n) is 7.31. The van der Waals surface area contributed by atoms with E-state index in [1.54, 1.807) is 22.7 Å². The normalized spacial score (nSPS) is 10.7. The van der Waals surface area contributed by atoms with Crippen molar-refractivity contribution in [2.24, 2.45) is 0 Å². The number of nitrogens with one attached hydrogen (secondary N) is 2. The fraction of sp³-hybridized carbons (Fsp3) is 0.235. The van der Waals surface area contributed by atoms with Crippen LogP contribution in [0.1, 0.15) is 11.1 Å². The topological polar surface area (TPSA) is 41.1 Å². The Kier molecular flexibility index (Phi) is 5.08. The second-order valence-electron chi connectivity index (χ2n) is 5.07. The first kappa shape index (κ1) is 15.1. The molecule has 0 aliphatic carbocycles. The average molecular weight is 330 g/mol. The van der Waals surface area contributed by atoms with Gasteiger partial charge in [0.1, 0.15) is 0 Å². The number of carbonyl (C=O) groups excluding carboxylic acids is 1. The van der Waals surface area contributed by atoms with E-state index in [4.69, 9.17) is 0 Å². The lowest BCUT2D eigenvalue weighted by molar-refractivity contribution is 0.241. The molecule has 2 heterocycles. The lowest BCUT2D eigenvalue weighted by Gasteiger charge is -2.07. The quantitative estimate of drug-likeness (QED) is 0.703. The Hall–Kier alpha value is -1.85. The molecular formula is C17H18N2OS2. The standard InChI is InChI=1S/C17H18N2OS2/c20-17(18-8-5-13-7-10-21-11-13)19-9-6-14-12-22-16-4-2-1-3-15(14)16/h1-4,7,10-12H,5-6,8-9H2,(H2,18,19,20). The maximum Gasteiger partial charge on any atom is 0.314 e. The van der Waals surface area contributed by atoms with Gasteiger partial charge in [-0.05, 0) is 57.6 Å². The molecule has 0 saturated carbocycles. The molecule has 0 aliphatic rings. The molecular weight excluding hydrogens is 312 g/mol. The van der Waals surface area contributed by atoms with E-state index in [1.165, 1.54) is 21.2 Å². The zero-order valence-electron chi connectivity index (χ0n) is 12.2. The Labute approximate surface area is 138 Å². The summed E-state index contributed by atoms with van der Waals surface area (Å²) >= 11 is 3.44. The van der Waals surface area contributed by atoms with Crippen LogP contribution in [0.15, 0.2) is 46.5 Å². The smallest absolute Gasteiger partial charge is 0.314 e. The minimum absolute atomic E-state index is 0.0882. The fourth-order valence-electron chi connectivity index (χ4n) is 2.35. The fourth-order valence-corrected chi connectivity index (χ4v) is 4.06. The Morgan fingerprint density at radius 2 is 1.82 bits per heavy atom. The zero-order chi connectivity index (χ0) is 15.2. The van der Waals surface area contributed by atoms with Crippen molar-refractivity contribution in [3.63, 3.8) is 0 Å². The molecule has 0 saturated heterocycles. The molecule has 0 radical (unpaired) electrons. The van der Waals surface area contributed by atoms with Gasteiger partial charge >= 0.3 is 6.03 Å². The van der Waals surface area contributed by atoms with E-state index in [2.05, 4.69) is 57.1 Å². The highest BCUT2D eigenvalue weighted by molar-refractivity contribution is 7.17. The molecule has 0 bridgehead atoms. The van der Waals surface area contributed by atoms with Crippen molar-refractivity contribution >= 4 is 38.8 Å². The molecule has 1 aromatic carbocycles. The van der Waals surface area contributed by atoms with Gasteiger partial charge in [-0.3, -0.25) is 0 Å². The Morgan fingerprint density at radius 1 is 1.00 bits per heavy atom. The van der Waals surface area contributed by atoms with Crippen molar-refractivity contribution < 1.29 is 4.79 Å². The number of urea groups is 1. The predicted molar refractivity (Wildman–Crippen MR) is 95.0 cm³/mol. The molecule has 2 amide bonds. The zero-order valence-corrected chi connectivity index (χ0v) is 13.8. The summed E-state index contributed by atoms with van der Waals surface area (Å²) in [7, 11) is 0. The summed E-state index contributed by atoms with van der Waals surface area (Å²) in [5.41, 5.74) is 2.58. The van der Waals surface area contributed by atoms with Crippen LogP contribution in [0, 0.1) is 0 Å². The van der Waals surface area contributed by atoms with Gasteiger partial charge in [0, 0.05) is 17.8 Å². The van der Waals surface area contributed by atoms with Gasteiger partial charge in [0.15, 0.2) is 0 Å². The van der Waals surface area contributed by atoms with Crippen LogP contribution < -0.4 is 10.6 Å². The second-order valence-corrected chi connectivity index (χ2v) is 6.76. The molecule has 22 heavy (non-hydrogen) atoms. The first-order valence-corrected chi connectivity index (χ1v) is 9.13. The highest BCUT2D eigenvalue weighted by Crippen LogP contribution is 2.25. The summed E-state index contributed by atoms with van der Waals surface area (Å²) in [5.74, 6) is 0. The molecule has 0 unspecified atom stereocenters. The number of benzene rings is 1. The van der Waals surface area contributed by atoms with E-state index >= 15 is 0 Å². The van der Waals surface area contributed by atoms with Crippen molar-refractivity contribution in [1.82, 2.24) is 10.6 Å². The minimum atomic E-state index is -0.0882. The third-order valence-electron chi connectivity index (χ3n) is 3.52. The third kappa shape index (κ3) is 3.87. The summed E-state index contributed by atoms with van der Waals surface area (Å²) in [5, 5.41) is 13.5. The maximum absolute atomic E-state index is 11.7. The van der Waals surface area contributed by atoms with Gasteiger partial charge in [0.2, 0.25) is 0 Å². The molecule has 3 aromatic rings. The van der Waals surface area contributed by atoms with E-state index in [0.29, 0.717) is 13.1 Å². The number of carbonyl (C=O) groups is 1. The van der Waals surface area contributed by atoms with Gasteiger partial charge in [0.25, 0.3) is 0 Å². The van der Waals surface area contributed by atoms with Crippen LogP contribution in [0.25, 0.3) is 10.1 Å². The summed E-state index contributed by atoms with van der Waals surface area (Å²) in [6.45, 7) is 1.33. The van der Waals surface area contributed by atoms with Gasteiger partial charge in [-0.15, -0.1) is 11.3 Å². The van der Waals surface area contributed by atoms with Gasteiger partial charge in [-0.1, -0.05) is 18.2 Å². The summed E-state index contributed by atoms with van der Waals surface area (Å²) in [4.78, 5) is 11.7. The average Bonchev–Trinajstić information content (AvgIpc) is 3.17. The highest BCUT2D eigenvalue weighted by Gasteiger charge is 2.04. The van der Waals surface area contributed by atoms with Crippen molar-refractivity contribution in [3.8, 4) is 0 Å². The van der Waals surface area contributed by atoms with Crippen LogP contribution in [0.5, 0.6) is 0 Å². The first-order chi connectivity index (χ1) is 10.8. The molecule has 2 N–H and O–H groups in total. The van der Waals surface area contributed by atoms with Gasteiger partial charge < -0.3 is 10.6 Å². The van der Waals surface area contributed by atoms with E-state index in [0.717, 1.165) is 12.8 Å². The number of amides is 2. The number of hydrogen-bond donors (Lipinski definition) is 2. The number of fused-ring (bicyclic) bond motifs is 1. The molecule has 3 rings (SSSR count). The van der Waals surface area contributed by atoms with Gasteiger partial charge in [-0.25, -0.2) is 4.79 Å². The van der Waals surface area contributed by atoms with Gasteiger partial charge in [0.05, 0.1) is 0 Å². The molecule has 0 atom stereocenters. The van der Waals surface area contributed by atoms with Crippen molar-refractivity contribution in [1.29, 1.82) is 0 Å². The van der Waals surface area contributed by atoms with Gasteiger partial charge in [-0.2, -0.15) is 11.3 Å². The highest BCUT2D eigenvalue weighted by atomic mass is 32.1.